The van der Waals surface area contributed by atoms with Crippen LogP contribution in [0, 0.1) is 0 Å². The fraction of sp³-hybridized carbons (Fsp3) is 0.120. The molecule has 1 aliphatic carbocycles. The Labute approximate surface area is 180 Å². The van der Waals surface area contributed by atoms with Crippen LogP contribution in [0.5, 0.6) is 0 Å². The number of pyridine rings is 1. The van der Waals surface area contributed by atoms with E-state index in [1.807, 2.05) is 24.3 Å². The van der Waals surface area contributed by atoms with Crippen molar-refractivity contribution in [3.63, 3.8) is 0 Å². The molecular formula is C25H21N5O. The number of rotatable bonds is 5. The molecule has 0 spiro atoms. The lowest BCUT2D eigenvalue weighted by Gasteiger charge is -2.18. The summed E-state index contributed by atoms with van der Waals surface area (Å²) in [5.74, 6) is 0.488. The molecule has 6 heteroatoms. The number of carbonyl (C=O) groups excluding carboxylic acids is 1. The largest absolute Gasteiger partial charge is 0.362 e. The summed E-state index contributed by atoms with van der Waals surface area (Å²) in [4.78, 5) is 25.7. The Morgan fingerprint density at radius 1 is 0.903 bits per heavy atom. The fourth-order valence-corrected chi connectivity index (χ4v) is 3.93. The Morgan fingerprint density at radius 3 is 2.61 bits per heavy atom. The maximum atomic E-state index is 12.9. The topological polar surface area (TPSA) is 79.8 Å². The second-order valence-corrected chi connectivity index (χ2v) is 7.46. The number of carbonyl (C=O) groups is 1. The number of hydrogen-bond donors (Lipinski definition) is 2. The Morgan fingerprint density at radius 2 is 1.77 bits per heavy atom. The van der Waals surface area contributed by atoms with Crippen molar-refractivity contribution in [1.29, 1.82) is 0 Å². The number of nitrogens with zero attached hydrogens (tertiary/aromatic N) is 3. The molecule has 6 nitrogen and oxygen atoms in total. The minimum atomic E-state index is -0.187. The summed E-state index contributed by atoms with van der Waals surface area (Å²) in [7, 11) is 0. The molecular weight excluding hydrogens is 386 g/mol. The molecule has 0 radical (unpaired) electrons. The van der Waals surface area contributed by atoms with E-state index in [1.54, 1.807) is 36.9 Å². The van der Waals surface area contributed by atoms with Gasteiger partial charge in [-0.25, -0.2) is 4.98 Å². The molecule has 1 aliphatic rings. The zero-order valence-corrected chi connectivity index (χ0v) is 16.8. The van der Waals surface area contributed by atoms with Crippen LogP contribution in [-0.4, -0.2) is 20.9 Å². The number of fused-ring (bicyclic) bond motifs is 1. The highest BCUT2D eigenvalue weighted by Crippen LogP contribution is 2.34. The van der Waals surface area contributed by atoms with Gasteiger partial charge in [-0.15, -0.1) is 0 Å². The molecule has 1 unspecified atom stereocenters. The van der Waals surface area contributed by atoms with Crippen LogP contribution in [0.4, 0.5) is 11.5 Å². The van der Waals surface area contributed by atoms with Gasteiger partial charge >= 0.3 is 0 Å². The van der Waals surface area contributed by atoms with Gasteiger partial charge in [0.2, 0.25) is 0 Å². The molecule has 1 atom stereocenters. The predicted molar refractivity (Wildman–Crippen MR) is 121 cm³/mol. The summed E-state index contributed by atoms with van der Waals surface area (Å²) >= 11 is 0. The molecule has 2 aromatic heterocycles. The summed E-state index contributed by atoms with van der Waals surface area (Å²) in [5.41, 5.74) is 5.57. The van der Waals surface area contributed by atoms with Gasteiger partial charge in [-0.2, -0.15) is 0 Å². The molecule has 152 valence electrons. The van der Waals surface area contributed by atoms with Crippen LogP contribution in [0.3, 0.4) is 0 Å². The first-order valence-corrected chi connectivity index (χ1v) is 10.2. The van der Waals surface area contributed by atoms with Crippen LogP contribution in [0.25, 0.3) is 11.3 Å². The third-order valence-corrected chi connectivity index (χ3v) is 5.51. The molecule has 1 amide bonds. The second-order valence-electron chi connectivity index (χ2n) is 7.46. The van der Waals surface area contributed by atoms with E-state index in [4.69, 9.17) is 0 Å². The van der Waals surface area contributed by atoms with Crippen LogP contribution >= 0.6 is 0 Å². The van der Waals surface area contributed by atoms with Gasteiger partial charge in [0.05, 0.1) is 23.6 Å². The Bertz CT molecular complexity index is 1210. The molecule has 0 saturated carbocycles. The summed E-state index contributed by atoms with van der Waals surface area (Å²) in [6.45, 7) is 0. The Hall–Kier alpha value is -4.06. The first kappa shape index (κ1) is 18.9. The molecule has 2 aromatic carbocycles. The van der Waals surface area contributed by atoms with Crippen LogP contribution in [0.2, 0.25) is 0 Å². The predicted octanol–water partition coefficient (Wildman–Crippen LogP) is 4.89. The third-order valence-electron chi connectivity index (χ3n) is 5.51. The highest BCUT2D eigenvalue weighted by molar-refractivity contribution is 6.05. The Kier molecular flexibility index (Phi) is 5.10. The minimum absolute atomic E-state index is 0.187. The van der Waals surface area contributed by atoms with Crippen molar-refractivity contribution in [2.24, 2.45) is 0 Å². The SMILES string of the molecule is O=C(Nc1cccnc1NC1CCc2ccccc21)c1ccc(-c2cnccn2)cc1. The molecule has 31 heavy (non-hydrogen) atoms. The first-order valence-electron chi connectivity index (χ1n) is 10.2. The van der Waals surface area contributed by atoms with Gasteiger partial charge in [0.15, 0.2) is 0 Å². The number of benzene rings is 2. The lowest BCUT2D eigenvalue weighted by Crippen LogP contribution is -2.16. The van der Waals surface area contributed by atoms with Gasteiger partial charge in [0.1, 0.15) is 5.82 Å². The van der Waals surface area contributed by atoms with Crippen LogP contribution < -0.4 is 10.6 Å². The smallest absolute Gasteiger partial charge is 0.255 e. The highest BCUT2D eigenvalue weighted by atomic mass is 16.1. The maximum Gasteiger partial charge on any atom is 0.255 e. The van der Waals surface area contributed by atoms with E-state index in [1.165, 1.54) is 11.1 Å². The summed E-state index contributed by atoms with van der Waals surface area (Å²) in [6.07, 6.45) is 8.76. The highest BCUT2D eigenvalue weighted by Gasteiger charge is 2.23. The van der Waals surface area contributed by atoms with E-state index in [2.05, 4.69) is 49.9 Å². The minimum Gasteiger partial charge on any atom is -0.362 e. The van der Waals surface area contributed by atoms with Gasteiger partial charge in [0.25, 0.3) is 5.91 Å². The van der Waals surface area contributed by atoms with Crippen LogP contribution in [0.1, 0.15) is 33.9 Å². The molecule has 0 aliphatic heterocycles. The molecule has 2 heterocycles. The fourth-order valence-electron chi connectivity index (χ4n) is 3.93. The van der Waals surface area contributed by atoms with Crippen molar-refractivity contribution >= 4 is 17.4 Å². The van der Waals surface area contributed by atoms with Gasteiger partial charge in [-0.3, -0.25) is 14.8 Å². The van der Waals surface area contributed by atoms with Crippen LogP contribution in [0.15, 0.2) is 85.5 Å². The molecule has 5 rings (SSSR count). The van der Waals surface area contributed by atoms with Gasteiger partial charge in [-0.1, -0.05) is 36.4 Å². The van der Waals surface area contributed by atoms with E-state index in [0.29, 0.717) is 17.1 Å². The zero-order chi connectivity index (χ0) is 21.0. The number of amides is 1. The average molecular weight is 407 g/mol. The van der Waals surface area contributed by atoms with Gasteiger partial charge in [0, 0.05) is 29.7 Å². The first-order chi connectivity index (χ1) is 15.3. The van der Waals surface area contributed by atoms with Gasteiger partial charge in [-0.05, 0) is 48.2 Å². The monoisotopic (exact) mass is 407 g/mol. The van der Waals surface area contributed by atoms with E-state index in [0.717, 1.165) is 24.1 Å². The second kappa shape index (κ2) is 8.36. The average Bonchev–Trinajstić information content (AvgIpc) is 3.24. The number of aromatic nitrogens is 3. The standard InChI is InChI=1S/C25H21N5O/c31-25(19-9-7-18(8-10-19)23-16-26-14-15-27-23)30-22-6-3-13-28-24(22)29-21-12-11-17-4-1-2-5-20(17)21/h1-10,13-16,21H,11-12H2,(H,28,29)(H,30,31). The lowest BCUT2D eigenvalue weighted by molar-refractivity contribution is 0.102. The van der Waals surface area contributed by atoms with E-state index < -0.39 is 0 Å². The molecule has 0 bridgehead atoms. The molecule has 4 aromatic rings. The number of nitrogens with one attached hydrogen (secondary N) is 2. The molecule has 2 N–H and O–H groups in total. The normalized spacial score (nSPS) is 14.6. The Balaban J connectivity index is 1.32. The van der Waals surface area contributed by atoms with Crippen molar-refractivity contribution in [2.45, 2.75) is 18.9 Å². The van der Waals surface area contributed by atoms with Crippen LogP contribution in [-0.2, 0) is 6.42 Å². The van der Waals surface area contributed by atoms with Crippen molar-refractivity contribution in [2.75, 3.05) is 10.6 Å². The quantitative estimate of drug-likeness (QED) is 0.492. The van der Waals surface area contributed by atoms with Crippen molar-refractivity contribution in [3.05, 3.63) is 102 Å². The summed E-state index contributed by atoms with van der Waals surface area (Å²) in [5, 5.41) is 6.50. The van der Waals surface area contributed by atoms with E-state index in [-0.39, 0.29) is 11.9 Å². The molecule has 0 fully saturated rings. The van der Waals surface area contributed by atoms with Crippen molar-refractivity contribution in [1.82, 2.24) is 15.0 Å². The van der Waals surface area contributed by atoms with E-state index in [9.17, 15) is 4.79 Å². The van der Waals surface area contributed by atoms with E-state index >= 15 is 0 Å². The number of aryl methyl sites for hydroxylation is 1. The molecule has 0 saturated heterocycles. The lowest BCUT2D eigenvalue weighted by atomic mass is 10.1. The third kappa shape index (κ3) is 4.00. The maximum absolute atomic E-state index is 12.9. The van der Waals surface area contributed by atoms with Gasteiger partial charge < -0.3 is 10.6 Å². The summed E-state index contributed by atoms with van der Waals surface area (Å²) in [6, 6.07) is 19.6. The van der Waals surface area contributed by atoms with Crippen molar-refractivity contribution in [3.8, 4) is 11.3 Å². The summed E-state index contributed by atoms with van der Waals surface area (Å²) < 4.78 is 0. The number of hydrogen-bond acceptors (Lipinski definition) is 5. The zero-order valence-electron chi connectivity index (χ0n) is 16.8. The van der Waals surface area contributed by atoms with Crippen molar-refractivity contribution < 1.29 is 4.79 Å². The number of anilines is 2.